The number of nitrogens with zero attached hydrogens (tertiary/aromatic N) is 3. The van der Waals surface area contributed by atoms with Crippen LogP contribution in [-0.2, 0) is 19.4 Å². The number of aliphatic imine (C=N–C) groups is 1. The van der Waals surface area contributed by atoms with Gasteiger partial charge in [-0.05, 0) is 25.5 Å². The van der Waals surface area contributed by atoms with E-state index in [0.717, 1.165) is 48.1 Å². The van der Waals surface area contributed by atoms with E-state index in [9.17, 15) is 0 Å². The highest BCUT2D eigenvalue weighted by Crippen LogP contribution is 2.16. The van der Waals surface area contributed by atoms with E-state index in [4.69, 9.17) is 9.26 Å². The second-order valence-electron chi connectivity index (χ2n) is 5.40. The maximum Gasteiger partial charge on any atom is 0.191 e. The second-order valence-corrected chi connectivity index (χ2v) is 5.40. The van der Waals surface area contributed by atoms with Gasteiger partial charge in [-0.25, -0.2) is 4.99 Å². The summed E-state index contributed by atoms with van der Waals surface area (Å²) in [5, 5.41) is 10.6. The highest BCUT2D eigenvalue weighted by Gasteiger charge is 2.12. The van der Waals surface area contributed by atoms with Crippen LogP contribution in [0.5, 0.6) is 5.75 Å². The topological polar surface area (TPSA) is 84.6 Å². The molecule has 0 amide bonds. The van der Waals surface area contributed by atoms with Gasteiger partial charge in [0, 0.05) is 24.7 Å². The summed E-state index contributed by atoms with van der Waals surface area (Å²) in [4.78, 5) is 8.67. The summed E-state index contributed by atoms with van der Waals surface area (Å²) >= 11 is 0. The Bertz CT molecular complexity index is 639. The van der Waals surface area contributed by atoms with Crippen LogP contribution in [0.15, 0.2) is 34.0 Å². The Morgan fingerprint density at radius 1 is 1.23 bits per heavy atom. The van der Waals surface area contributed by atoms with Crippen LogP contribution in [0.1, 0.15) is 37.8 Å². The van der Waals surface area contributed by atoms with Crippen LogP contribution in [0, 0.1) is 0 Å². The minimum Gasteiger partial charge on any atom is -0.490 e. The zero-order valence-corrected chi connectivity index (χ0v) is 17.9. The molecule has 0 aliphatic rings. The van der Waals surface area contributed by atoms with Crippen LogP contribution >= 0.6 is 24.0 Å². The Hall–Kier alpha value is -1.84. The second kappa shape index (κ2) is 12.5. The zero-order chi connectivity index (χ0) is 17.9. The fourth-order valence-corrected chi connectivity index (χ4v) is 2.39. The standard InChI is InChI=1S/C18H27N5O2.HI/c1-4-16-15(17(5-2)25-23-16)13-22-18(20-6-3)21-10-11-24-14-8-7-9-19-12-14;/h7-9,12H,4-6,10-11,13H2,1-3H3,(H2,20,21,22);1H. The first kappa shape index (κ1) is 22.2. The fraction of sp³-hybridized carbons (Fsp3) is 0.500. The summed E-state index contributed by atoms with van der Waals surface area (Å²) in [6.45, 7) is 8.69. The van der Waals surface area contributed by atoms with Gasteiger partial charge in [-0.15, -0.1) is 24.0 Å². The third-order valence-corrected chi connectivity index (χ3v) is 3.64. The fourth-order valence-electron chi connectivity index (χ4n) is 2.39. The lowest BCUT2D eigenvalue weighted by molar-refractivity contribution is 0.320. The first-order valence-corrected chi connectivity index (χ1v) is 8.79. The number of nitrogens with one attached hydrogen (secondary N) is 2. The number of halogens is 1. The van der Waals surface area contributed by atoms with Gasteiger partial charge >= 0.3 is 0 Å². The minimum atomic E-state index is 0. The molecule has 0 aromatic carbocycles. The molecule has 2 N–H and O–H groups in total. The first-order chi connectivity index (χ1) is 12.3. The van der Waals surface area contributed by atoms with Crippen molar-refractivity contribution >= 4 is 29.9 Å². The van der Waals surface area contributed by atoms with Crippen LogP contribution in [-0.4, -0.2) is 35.8 Å². The predicted molar refractivity (Wildman–Crippen MR) is 113 cm³/mol. The molecule has 0 fully saturated rings. The van der Waals surface area contributed by atoms with Crippen molar-refractivity contribution in [3.05, 3.63) is 41.5 Å². The maximum atomic E-state index is 5.63. The van der Waals surface area contributed by atoms with Crippen molar-refractivity contribution in [2.75, 3.05) is 19.7 Å². The van der Waals surface area contributed by atoms with Crippen molar-refractivity contribution in [1.29, 1.82) is 0 Å². The largest absolute Gasteiger partial charge is 0.490 e. The predicted octanol–water partition coefficient (Wildman–Crippen LogP) is 2.95. The van der Waals surface area contributed by atoms with Crippen molar-refractivity contribution in [1.82, 2.24) is 20.8 Å². The SMILES string of the molecule is CCNC(=NCc1c(CC)noc1CC)NCCOc1cccnc1.I. The Morgan fingerprint density at radius 2 is 2.08 bits per heavy atom. The van der Waals surface area contributed by atoms with Gasteiger partial charge < -0.3 is 19.9 Å². The van der Waals surface area contributed by atoms with Crippen molar-refractivity contribution in [2.45, 2.75) is 40.2 Å². The van der Waals surface area contributed by atoms with E-state index in [-0.39, 0.29) is 24.0 Å². The van der Waals surface area contributed by atoms with Crippen LogP contribution < -0.4 is 15.4 Å². The summed E-state index contributed by atoms with van der Waals surface area (Å²) in [6.07, 6.45) is 5.09. The Morgan fingerprint density at radius 3 is 2.73 bits per heavy atom. The summed E-state index contributed by atoms with van der Waals surface area (Å²) in [5.41, 5.74) is 2.07. The molecule has 8 heteroatoms. The molecule has 0 saturated carbocycles. The van der Waals surface area contributed by atoms with Crippen molar-refractivity contribution in [3.63, 3.8) is 0 Å². The van der Waals surface area contributed by atoms with Gasteiger partial charge in [-0.3, -0.25) is 4.98 Å². The molecule has 0 spiro atoms. The number of rotatable bonds is 9. The molecule has 0 bridgehead atoms. The molecule has 0 aliphatic carbocycles. The van der Waals surface area contributed by atoms with Gasteiger partial charge in [0.1, 0.15) is 18.1 Å². The number of guanidine groups is 1. The summed E-state index contributed by atoms with van der Waals surface area (Å²) < 4.78 is 11.0. The first-order valence-electron chi connectivity index (χ1n) is 8.79. The van der Waals surface area contributed by atoms with E-state index in [0.29, 0.717) is 19.7 Å². The number of hydrogen-bond donors (Lipinski definition) is 2. The number of aryl methyl sites for hydroxylation is 2. The number of aromatic nitrogens is 2. The van der Waals surface area contributed by atoms with Gasteiger partial charge in [0.25, 0.3) is 0 Å². The summed E-state index contributed by atoms with van der Waals surface area (Å²) in [5.74, 6) is 2.43. The molecule has 0 aliphatic heterocycles. The maximum absolute atomic E-state index is 5.63. The molecule has 7 nitrogen and oxygen atoms in total. The number of pyridine rings is 1. The molecule has 0 unspecified atom stereocenters. The third kappa shape index (κ3) is 6.81. The molecule has 0 saturated heterocycles. The van der Waals surface area contributed by atoms with Crippen LogP contribution in [0.4, 0.5) is 0 Å². The lowest BCUT2D eigenvalue weighted by Crippen LogP contribution is -2.39. The van der Waals surface area contributed by atoms with Gasteiger partial charge in [0.2, 0.25) is 0 Å². The third-order valence-electron chi connectivity index (χ3n) is 3.64. The lowest BCUT2D eigenvalue weighted by atomic mass is 10.1. The molecule has 144 valence electrons. The Balaban J connectivity index is 0.00000338. The average molecular weight is 473 g/mol. The highest BCUT2D eigenvalue weighted by atomic mass is 127. The van der Waals surface area contributed by atoms with E-state index in [1.54, 1.807) is 12.4 Å². The summed E-state index contributed by atoms with van der Waals surface area (Å²) in [6, 6.07) is 3.74. The van der Waals surface area contributed by atoms with Gasteiger partial charge in [-0.2, -0.15) is 0 Å². The molecule has 2 aromatic heterocycles. The van der Waals surface area contributed by atoms with Crippen LogP contribution in [0.25, 0.3) is 0 Å². The highest BCUT2D eigenvalue weighted by molar-refractivity contribution is 14.0. The quantitative estimate of drug-likeness (QED) is 0.252. The van der Waals surface area contributed by atoms with Gasteiger partial charge in [0.05, 0.1) is 25.0 Å². The summed E-state index contributed by atoms with van der Waals surface area (Å²) in [7, 11) is 0. The smallest absolute Gasteiger partial charge is 0.191 e. The van der Waals surface area contributed by atoms with E-state index in [1.165, 1.54) is 0 Å². The van der Waals surface area contributed by atoms with Gasteiger partial charge in [0.15, 0.2) is 5.96 Å². The molecular formula is C18H28IN5O2. The van der Waals surface area contributed by atoms with E-state index < -0.39 is 0 Å². The minimum absolute atomic E-state index is 0. The molecule has 2 heterocycles. The molecule has 0 atom stereocenters. The zero-order valence-electron chi connectivity index (χ0n) is 15.6. The Labute approximate surface area is 172 Å². The Kier molecular flexibility index (Phi) is 10.7. The normalized spacial score (nSPS) is 11.0. The molecule has 26 heavy (non-hydrogen) atoms. The molecule has 0 radical (unpaired) electrons. The van der Waals surface area contributed by atoms with Crippen molar-refractivity contribution in [3.8, 4) is 5.75 Å². The molecular weight excluding hydrogens is 445 g/mol. The van der Waals surface area contributed by atoms with E-state index in [1.807, 2.05) is 19.1 Å². The average Bonchev–Trinajstić information content (AvgIpc) is 3.06. The van der Waals surface area contributed by atoms with Crippen LogP contribution in [0.3, 0.4) is 0 Å². The van der Waals surface area contributed by atoms with Crippen molar-refractivity contribution < 1.29 is 9.26 Å². The lowest BCUT2D eigenvalue weighted by Gasteiger charge is -2.12. The number of ether oxygens (including phenoxy) is 1. The van der Waals surface area contributed by atoms with Crippen molar-refractivity contribution in [2.24, 2.45) is 4.99 Å². The monoisotopic (exact) mass is 473 g/mol. The van der Waals surface area contributed by atoms with E-state index >= 15 is 0 Å². The molecule has 2 aromatic rings. The number of hydrogen-bond acceptors (Lipinski definition) is 5. The van der Waals surface area contributed by atoms with Gasteiger partial charge in [-0.1, -0.05) is 19.0 Å². The molecule has 2 rings (SSSR count). The van der Waals surface area contributed by atoms with E-state index in [2.05, 4.69) is 39.6 Å². The van der Waals surface area contributed by atoms with Crippen LogP contribution in [0.2, 0.25) is 0 Å².